The molecule has 2 unspecified atom stereocenters. The summed E-state index contributed by atoms with van der Waals surface area (Å²) in [6, 6.07) is 28.0. The molecule has 3 aromatic rings. The van der Waals surface area contributed by atoms with E-state index < -0.39 is 5.66 Å². The fourth-order valence-electron chi connectivity index (χ4n) is 3.71. The average molecular weight is 385 g/mol. The van der Waals surface area contributed by atoms with Crippen LogP contribution in [-0.2, 0) is 12.2 Å². The van der Waals surface area contributed by atoms with Crippen LogP contribution < -0.4 is 10.6 Å². The second kappa shape index (κ2) is 8.58. The van der Waals surface area contributed by atoms with Gasteiger partial charge in [0.25, 0.3) is 0 Å². The van der Waals surface area contributed by atoms with Gasteiger partial charge in [-0.15, -0.1) is 0 Å². The minimum Gasteiger partial charge on any atom is -0.381 e. The lowest BCUT2D eigenvalue weighted by Gasteiger charge is -2.33. The van der Waals surface area contributed by atoms with Crippen LogP contribution in [0.3, 0.4) is 0 Å². The van der Waals surface area contributed by atoms with E-state index in [1.165, 1.54) is 16.7 Å². The molecule has 4 heteroatoms. The van der Waals surface area contributed by atoms with Gasteiger partial charge in [0.2, 0.25) is 0 Å². The second-order valence-corrected chi connectivity index (χ2v) is 7.74. The van der Waals surface area contributed by atoms with Crippen molar-refractivity contribution in [2.45, 2.75) is 38.5 Å². The third-order valence-corrected chi connectivity index (χ3v) is 5.53. The first-order valence-electron chi connectivity index (χ1n) is 10.3. The van der Waals surface area contributed by atoms with E-state index in [0.717, 1.165) is 30.8 Å². The molecule has 0 spiro atoms. The summed E-state index contributed by atoms with van der Waals surface area (Å²) in [4.78, 5) is 0. The summed E-state index contributed by atoms with van der Waals surface area (Å²) in [5.74, 6) is 0. The highest BCUT2D eigenvalue weighted by atomic mass is 15.3. The molecule has 0 saturated heterocycles. The number of hydrogen-bond donors (Lipinski definition) is 2. The predicted octanol–water partition coefficient (Wildman–Crippen LogP) is 5.97. The zero-order valence-electron chi connectivity index (χ0n) is 17.1. The van der Waals surface area contributed by atoms with E-state index in [1.807, 2.05) is 6.07 Å². The Hall–Kier alpha value is -2.98. The first-order chi connectivity index (χ1) is 14.2. The van der Waals surface area contributed by atoms with Crippen molar-refractivity contribution in [1.82, 2.24) is 5.32 Å². The lowest BCUT2D eigenvalue weighted by molar-refractivity contribution is 0.273. The van der Waals surface area contributed by atoms with E-state index in [9.17, 15) is 0 Å². The summed E-state index contributed by atoms with van der Waals surface area (Å²) in [5.41, 5.74) is 5.49. The van der Waals surface area contributed by atoms with Crippen LogP contribution in [0.2, 0.25) is 0 Å². The van der Waals surface area contributed by atoms with Crippen molar-refractivity contribution in [3.05, 3.63) is 90.0 Å². The number of anilines is 1. The average Bonchev–Trinajstić information content (AvgIpc) is 2.79. The number of nitrogens with one attached hydrogen (secondary N) is 2. The van der Waals surface area contributed by atoms with Gasteiger partial charge in [0.15, 0.2) is 5.66 Å². The number of rotatable bonds is 6. The van der Waals surface area contributed by atoms with Crippen molar-refractivity contribution < 1.29 is 0 Å². The third kappa shape index (κ3) is 4.54. The van der Waals surface area contributed by atoms with Crippen LogP contribution in [-0.4, -0.2) is 12.6 Å². The van der Waals surface area contributed by atoms with Gasteiger partial charge in [0.05, 0.1) is 6.54 Å². The summed E-state index contributed by atoms with van der Waals surface area (Å²) in [6.07, 6.45) is 1.05. The standard InChI is InChI=1S/C25H28N4/c1-3-23-18-27-29-25(2,28-23)22-10-7-11-24(16-22)26-17-19-12-14-21(15-13-19)20-8-5-4-6-9-20/h4-16,23,26,28H,3,17-18H2,1-2H3. The topological polar surface area (TPSA) is 48.8 Å². The molecule has 0 aromatic heterocycles. The monoisotopic (exact) mass is 384 g/mol. The molecule has 29 heavy (non-hydrogen) atoms. The van der Waals surface area contributed by atoms with Crippen LogP contribution in [0.25, 0.3) is 11.1 Å². The zero-order chi connectivity index (χ0) is 20.1. The molecule has 148 valence electrons. The van der Waals surface area contributed by atoms with Crippen molar-refractivity contribution in [3.8, 4) is 11.1 Å². The minimum atomic E-state index is -0.464. The maximum absolute atomic E-state index is 4.51. The fraction of sp³-hybridized carbons (Fsp3) is 0.280. The SMILES string of the molecule is CCC1CN=NC(C)(c2cccc(NCc3ccc(-c4ccccc4)cc3)c2)N1. The molecule has 0 aliphatic carbocycles. The van der Waals surface area contributed by atoms with Crippen LogP contribution in [0.1, 0.15) is 31.4 Å². The predicted molar refractivity (Wildman–Crippen MR) is 120 cm³/mol. The van der Waals surface area contributed by atoms with Crippen molar-refractivity contribution >= 4 is 5.69 Å². The van der Waals surface area contributed by atoms with E-state index in [-0.39, 0.29) is 0 Å². The highest BCUT2D eigenvalue weighted by Crippen LogP contribution is 2.29. The molecule has 4 rings (SSSR count). The first-order valence-corrected chi connectivity index (χ1v) is 10.3. The van der Waals surface area contributed by atoms with Crippen LogP contribution >= 0.6 is 0 Å². The van der Waals surface area contributed by atoms with E-state index in [1.54, 1.807) is 0 Å². The molecular weight excluding hydrogens is 356 g/mol. The molecule has 0 bridgehead atoms. The maximum atomic E-state index is 4.51. The molecule has 0 radical (unpaired) electrons. The van der Waals surface area contributed by atoms with E-state index in [0.29, 0.717) is 6.04 Å². The number of nitrogens with zero attached hydrogens (tertiary/aromatic N) is 2. The van der Waals surface area contributed by atoms with Gasteiger partial charge in [-0.3, -0.25) is 5.32 Å². The summed E-state index contributed by atoms with van der Waals surface area (Å²) in [7, 11) is 0. The summed E-state index contributed by atoms with van der Waals surface area (Å²) < 4.78 is 0. The number of azo groups is 1. The Morgan fingerprint density at radius 3 is 2.48 bits per heavy atom. The summed E-state index contributed by atoms with van der Waals surface area (Å²) in [5, 5.41) is 16.0. The molecule has 0 amide bonds. The molecule has 2 atom stereocenters. The van der Waals surface area contributed by atoms with E-state index in [2.05, 4.69) is 108 Å². The molecule has 0 saturated carbocycles. The van der Waals surface area contributed by atoms with Crippen LogP contribution in [0.4, 0.5) is 5.69 Å². The van der Waals surface area contributed by atoms with Gasteiger partial charge < -0.3 is 5.32 Å². The van der Waals surface area contributed by atoms with Gasteiger partial charge >= 0.3 is 0 Å². The number of hydrogen-bond acceptors (Lipinski definition) is 4. The largest absolute Gasteiger partial charge is 0.381 e. The molecule has 3 aromatic carbocycles. The smallest absolute Gasteiger partial charge is 0.154 e. The molecule has 0 fully saturated rings. The Labute approximate surface area is 173 Å². The maximum Gasteiger partial charge on any atom is 0.154 e. The van der Waals surface area contributed by atoms with Crippen LogP contribution in [0.5, 0.6) is 0 Å². The summed E-state index contributed by atoms with van der Waals surface area (Å²) >= 11 is 0. The van der Waals surface area contributed by atoms with E-state index >= 15 is 0 Å². The Kier molecular flexibility index (Phi) is 5.72. The molecule has 1 heterocycles. The minimum absolute atomic E-state index is 0.372. The normalized spacial score (nSPS) is 21.1. The Morgan fingerprint density at radius 1 is 0.966 bits per heavy atom. The molecule has 2 N–H and O–H groups in total. The molecule has 1 aliphatic heterocycles. The van der Waals surface area contributed by atoms with Gasteiger partial charge in [-0.2, -0.15) is 10.2 Å². The van der Waals surface area contributed by atoms with Gasteiger partial charge in [0.1, 0.15) is 0 Å². The van der Waals surface area contributed by atoms with Gasteiger partial charge in [-0.05, 0) is 47.7 Å². The van der Waals surface area contributed by atoms with E-state index in [4.69, 9.17) is 0 Å². The second-order valence-electron chi connectivity index (χ2n) is 7.74. The highest BCUT2D eigenvalue weighted by Gasteiger charge is 2.31. The molecule has 1 aliphatic rings. The quantitative estimate of drug-likeness (QED) is 0.550. The lowest BCUT2D eigenvalue weighted by atomic mass is 9.98. The number of benzene rings is 3. The van der Waals surface area contributed by atoms with Crippen molar-refractivity contribution in [2.24, 2.45) is 10.2 Å². The lowest BCUT2D eigenvalue weighted by Crippen LogP contribution is -2.48. The highest BCUT2D eigenvalue weighted by molar-refractivity contribution is 5.63. The Bertz CT molecular complexity index is 966. The first kappa shape index (κ1) is 19.3. The van der Waals surface area contributed by atoms with Crippen molar-refractivity contribution in [2.75, 3.05) is 11.9 Å². The molecule has 4 nitrogen and oxygen atoms in total. The van der Waals surface area contributed by atoms with Crippen molar-refractivity contribution in [3.63, 3.8) is 0 Å². The van der Waals surface area contributed by atoms with Gasteiger partial charge in [0, 0.05) is 18.3 Å². The van der Waals surface area contributed by atoms with Crippen LogP contribution in [0, 0.1) is 0 Å². The summed E-state index contributed by atoms with van der Waals surface area (Å²) in [6.45, 7) is 5.81. The fourth-order valence-corrected chi connectivity index (χ4v) is 3.71. The Balaban J connectivity index is 1.44. The Morgan fingerprint density at radius 2 is 1.72 bits per heavy atom. The third-order valence-electron chi connectivity index (χ3n) is 5.53. The molecular formula is C25H28N4. The van der Waals surface area contributed by atoms with Gasteiger partial charge in [-0.25, -0.2) is 0 Å². The zero-order valence-corrected chi connectivity index (χ0v) is 17.1. The van der Waals surface area contributed by atoms with Crippen molar-refractivity contribution in [1.29, 1.82) is 0 Å². The van der Waals surface area contributed by atoms with Gasteiger partial charge in [-0.1, -0.05) is 73.7 Å². The van der Waals surface area contributed by atoms with Crippen LogP contribution in [0.15, 0.2) is 89.1 Å².